The van der Waals surface area contributed by atoms with Gasteiger partial charge in [-0.3, -0.25) is 4.52 Å². The first kappa shape index (κ1) is 30.4. The highest BCUT2D eigenvalue weighted by molar-refractivity contribution is 7.99. The number of thioether (sulfide) groups is 1. The molecule has 0 aromatic rings. The quantitative estimate of drug-likeness (QED) is 0.119. The molecule has 0 fully saturated rings. The summed E-state index contributed by atoms with van der Waals surface area (Å²) in [7, 11) is -4.37. The molecular weight excluding hydrogens is 419 g/mol. The van der Waals surface area contributed by atoms with Gasteiger partial charge >= 0.3 is 7.82 Å². The molecule has 0 spiro atoms. The zero-order valence-corrected chi connectivity index (χ0v) is 21.6. The van der Waals surface area contributed by atoms with Gasteiger partial charge in [0.05, 0.1) is 12.7 Å². The lowest BCUT2D eigenvalue weighted by molar-refractivity contribution is 0.0521. The molecule has 0 rings (SSSR count). The van der Waals surface area contributed by atoms with Crippen molar-refractivity contribution in [1.29, 1.82) is 0 Å². The number of unbranched alkanes of at least 4 members (excludes halogenated alkanes) is 11. The second-order valence-corrected chi connectivity index (χ2v) is 10.9. The number of hydrogen-bond acceptors (Lipinski definition) is 4. The number of ether oxygens (including phenoxy) is 1. The van der Waals surface area contributed by atoms with E-state index in [9.17, 15) is 4.57 Å². The van der Waals surface area contributed by atoms with E-state index in [0.29, 0.717) is 18.3 Å². The van der Waals surface area contributed by atoms with Gasteiger partial charge in [-0.25, -0.2) is 4.57 Å². The van der Waals surface area contributed by atoms with Crippen molar-refractivity contribution in [2.24, 2.45) is 0 Å². The summed E-state index contributed by atoms with van der Waals surface area (Å²) in [5.41, 5.74) is 0. The van der Waals surface area contributed by atoms with Crippen LogP contribution in [0.25, 0.3) is 0 Å². The van der Waals surface area contributed by atoms with E-state index in [0.717, 1.165) is 0 Å². The number of phosphoric ester groups is 1. The van der Waals surface area contributed by atoms with Gasteiger partial charge in [-0.1, -0.05) is 90.9 Å². The van der Waals surface area contributed by atoms with Crippen molar-refractivity contribution in [2.75, 3.05) is 19.0 Å². The molecule has 0 aromatic heterocycles. The van der Waals surface area contributed by atoms with E-state index in [-0.39, 0.29) is 12.7 Å². The second kappa shape index (κ2) is 21.3. The Morgan fingerprint density at radius 2 is 1.30 bits per heavy atom. The summed E-state index contributed by atoms with van der Waals surface area (Å²) in [4.78, 5) is 17.5. The summed E-state index contributed by atoms with van der Waals surface area (Å²) in [5, 5.41) is 0.499. The van der Waals surface area contributed by atoms with Gasteiger partial charge in [0.15, 0.2) is 0 Å². The molecule has 7 heteroatoms. The fraction of sp³-hybridized carbons (Fsp3) is 1.00. The molecule has 0 aromatic carbocycles. The van der Waals surface area contributed by atoms with Crippen LogP contribution in [-0.4, -0.2) is 40.1 Å². The molecule has 2 atom stereocenters. The van der Waals surface area contributed by atoms with Crippen molar-refractivity contribution in [3.8, 4) is 0 Å². The highest BCUT2D eigenvalue weighted by Gasteiger charge is 2.18. The Morgan fingerprint density at radius 1 is 0.767 bits per heavy atom. The summed E-state index contributed by atoms with van der Waals surface area (Å²) in [6, 6.07) is 0. The number of rotatable bonds is 23. The zero-order valence-electron chi connectivity index (χ0n) is 19.9. The van der Waals surface area contributed by atoms with Gasteiger partial charge in [0, 0.05) is 11.9 Å². The molecule has 0 amide bonds. The lowest BCUT2D eigenvalue weighted by Gasteiger charge is -2.24. The minimum atomic E-state index is -4.37. The smallest absolute Gasteiger partial charge is 0.377 e. The van der Waals surface area contributed by atoms with Crippen LogP contribution in [0, 0.1) is 0 Å². The number of hydrogen-bond donors (Lipinski definition) is 2. The lowest BCUT2D eigenvalue weighted by Crippen LogP contribution is -2.24. The summed E-state index contributed by atoms with van der Waals surface area (Å²) in [5.74, 6) is 1.20. The normalized spacial score (nSPS) is 14.2. The highest BCUT2D eigenvalue weighted by atomic mass is 32.2. The summed E-state index contributed by atoms with van der Waals surface area (Å²) in [6.07, 6.45) is 19.1. The van der Waals surface area contributed by atoms with E-state index in [1.165, 1.54) is 95.6 Å². The van der Waals surface area contributed by atoms with Gasteiger partial charge in [-0.2, -0.15) is 11.8 Å². The van der Waals surface area contributed by atoms with Crippen molar-refractivity contribution in [3.05, 3.63) is 0 Å². The molecule has 0 heterocycles. The maximum atomic E-state index is 10.7. The van der Waals surface area contributed by atoms with E-state index in [1.807, 2.05) is 0 Å². The molecule has 0 aliphatic heterocycles. The second-order valence-electron chi connectivity index (χ2n) is 8.34. The van der Waals surface area contributed by atoms with Crippen molar-refractivity contribution >= 4 is 19.6 Å². The standard InChI is InChI=1S/C23H49O5PS/c1-4-6-8-10-11-12-14-16-21-30-23(18-15-13-9-7-5-2)22(3)27-19-17-20-28-29(24,25)26/h22-23H,4-21H2,1-3H3,(H2,24,25,26). The van der Waals surface area contributed by atoms with Gasteiger partial charge in [-0.05, 0) is 31.9 Å². The first-order chi connectivity index (χ1) is 14.4. The molecule has 0 aliphatic carbocycles. The van der Waals surface area contributed by atoms with Gasteiger partial charge in [-0.15, -0.1) is 0 Å². The van der Waals surface area contributed by atoms with Crippen LogP contribution in [0.3, 0.4) is 0 Å². The summed E-state index contributed by atoms with van der Waals surface area (Å²) in [6.45, 7) is 7.16. The molecule has 0 aliphatic rings. The maximum absolute atomic E-state index is 10.7. The Labute approximate surface area is 190 Å². The van der Waals surface area contributed by atoms with E-state index < -0.39 is 7.82 Å². The summed E-state index contributed by atoms with van der Waals surface area (Å²) >= 11 is 2.05. The Bertz CT molecular complexity index is 405. The van der Waals surface area contributed by atoms with Crippen molar-refractivity contribution < 1.29 is 23.6 Å². The Morgan fingerprint density at radius 3 is 1.87 bits per heavy atom. The molecule has 5 nitrogen and oxygen atoms in total. The summed E-state index contributed by atoms with van der Waals surface area (Å²) < 4.78 is 21.2. The van der Waals surface area contributed by atoms with Crippen LogP contribution in [0.2, 0.25) is 0 Å². The van der Waals surface area contributed by atoms with Crippen LogP contribution in [0.1, 0.15) is 117 Å². The lowest BCUT2D eigenvalue weighted by atomic mass is 10.1. The monoisotopic (exact) mass is 468 g/mol. The maximum Gasteiger partial charge on any atom is 0.469 e. The van der Waals surface area contributed by atoms with Gasteiger partial charge in [0.25, 0.3) is 0 Å². The molecule has 0 bridgehead atoms. The Hall–Kier alpha value is 0.420. The minimum Gasteiger partial charge on any atom is -0.377 e. The predicted molar refractivity (Wildman–Crippen MR) is 130 cm³/mol. The van der Waals surface area contributed by atoms with Gasteiger partial charge < -0.3 is 14.5 Å². The third-order valence-electron chi connectivity index (χ3n) is 5.37. The molecule has 30 heavy (non-hydrogen) atoms. The molecular formula is C23H49O5PS. The molecule has 2 unspecified atom stereocenters. The molecule has 2 N–H and O–H groups in total. The van der Waals surface area contributed by atoms with Crippen LogP contribution >= 0.6 is 19.6 Å². The van der Waals surface area contributed by atoms with Crippen molar-refractivity contribution in [2.45, 2.75) is 128 Å². The highest BCUT2D eigenvalue weighted by Crippen LogP contribution is 2.35. The fourth-order valence-electron chi connectivity index (χ4n) is 3.49. The third-order valence-corrected chi connectivity index (χ3v) is 7.46. The van der Waals surface area contributed by atoms with Crippen LogP contribution in [-0.2, 0) is 13.8 Å². The average molecular weight is 469 g/mol. The SMILES string of the molecule is CCCCCCCCCCSC(CCCCCCC)C(C)OCCCOP(=O)(O)O. The minimum absolute atomic E-state index is 0.0318. The average Bonchev–Trinajstić information content (AvgIpc) is 2.69. The van der Waals surface area contributed by atoms with Crippen molar-refractivity contribution in [3.63, 3.8) is 0 Å². The predicted octanol–water partition coefficient (Wildman–Crippen LogP) is 7.49. The molecule has 0 saturated carbocycles. The van der Waals surface area contributed by atoms with Crippen LogP contribution in [0.15, 0.2) is 0 Å². The third kappa shape index (κ3) is 21.6. The number of phosphoric acid groups is 1. The van der Waals surface area contributed by atoms with Gasteiger partial charge in [0.2, 0.25) is 0 Å². The first-order valence-electron chi connectivity index (χ1n) is 12.3. The van der Waals surface area contributed by atoms with Crippen molar-refractivity contribution in [1.82, 2.24) is 0 Å². The fourth-order valence-corrected chi connectivity index (χ4v) is 5.22. The van der Waals surface area contributed by atoms with E-state index in [4.69, 9.17) is 14.5 Å². The van der Waals surface area contributed by atoms with Crippen LogP contribution < -0.4 is 0 Å². The molecule has 182 valence electrons. The van der Waals surface area contributed by atoms with Gasteiger partial charge in [0.1, 0.15) is 0 Å². The topological polar surface area (TPSA) is 76.0 Å². The first-order valence-corrected chi connectivity index (χ1v) is 14.9. The largest absolute Gasteiger partial charge is 0.469 e. The van der Waals surface area contributed by atoms with E-state index >= 15 is 0 Å². The Balaban J connectivity index is 4.05. The molecule has 0 radical (unpaired) electrons. The zero-order chi connectivity index (χ0) is 22.5. The molecule has 0 saturated heterocycles. The van der Waals surface area contributed by atoms with E-state index in [2.05, 4.69) is 37.1 Å². The van der Waals surface area contributed by atoms with Crippen LogP contribution in [0.4, 0.5) is 0 Å². The van der Waals surface area contributed by atoms with Crippen LogP contribution in [0.5, 0.6) is 0 Å². The van der Waals surface area contributed by atoms with E-state index in [1.54, 1.807) is 0 Å². The Kier molecular flexibility index (Phi) is 21.6.